The summed E-state index contributed by atoms with van der Waals surface area (Å²) in [5.41, 5.74) is 5.38. The van der Waals surface area contributed by atoms with E-state index in [4.69, 9.17) is 5.73 Å². The summed E-state index contributed by atoms with van der Waals surface area (Å²) in [4.78, 5) is 14.6. The monoisotopic (exact) mass is 183 g/mol. The average molecular weight is 183 g/mol. The van der Waals surface area contributed by atoms with Crippen molar-refractivity contribution in [2.75, 3.05) is 5.32 Å². The van der Waals surface area contributed by atoms with E-state index >= 15 is 0 Å². The summed E-state index contributed by atoms with van der Waals surface area (Å²) >= 11 is 0. The predicted octanol–water partition coefficient (Wildman–Crippen LogP) is 0.506. The Morgan fingerprint density at radius 3 is 3.00 bits per heavy atom. The van der Waals surface area contributed by atoms with Gasteiger partial charge in [0.2, 0.25) is 5.91 Å². The molecule has 1 amide bonds. The van der Waals surface area contributed by atoms with Gasteiger partial charge in [0.15, 0.2) is 5.82 Å². The van der Waals surface area contributed by atoms with Gasteiger partial charge >= 0.3 is 0 Å². The van der Waals surface area contributed by atoms with Crippen LogP contribution in [-0.4, -0.2) is 16.9 Å². The minimum Gasteiger partial charge on any atom is -0.322 e. The van der Waals surface area contributed by atoms with Gasteiger partial charge in [0.1, 0.15) is 0 Å². The Labute approximate surface area is 75.0 Å². The molecule has 0 aliphatic heterocycles. The van der Waals surface area contributed by atoms with Gasteiger partial charge in [-0.2, -0.15) is 0 Å². The molecule has 0 saturated carbocycles. The smallest absolute Gasteiger partial charge is 0.241 e. The highest BCUT2D eigenvalue weighted by Gasteiger charge is 2.09. The molecule has 4 nitrogen and oxygen atoms in total. The molecule has 0 spiro atoms. The molecule has 1 heterocycles. The fourth-order valence-electron chi connectivity index (χ4n) is 0.723. The molecule has 0 aliphatic rings. The van der Waals surface area contributed by atoms with Gasteiger partial charge in [0.05, 0.1) is 17.9 Å². The Balaban J connectivity index is 2.75. The third kappa shape index (κ3) is 2.48. The van der Waals surface area contributed by atoms with Gasteiger partial charge in [0.25, 0.3) is 0 Å². The SMILES string of the molecule is C[C@@H](N)C(=O)Nc1ccncc1F. The van der Waals surface area contributed by atoms with Gasteiger partial charge in [-0.1, -0.05) is 0 Å². The molecule has 1 atom stereocenters. The van der Waals surface area contributed by atoms with Crippen molar-refractivity contribution < 1.29 is 9.18 Å². The van der Waals surface area contributed by atoms with E-state index in [2.05, 4.69) is 10.3 Å². The van der Waals surface area contributed by atoms with Crippen molar-refractivity contribution in [1.82, 2.24) is 4.98 Å². The second-order valence-electron chi connectivity index (χ2n) is 2.63. The molecular formula is C8H10FN3O. The highest BCUT2D eigenvalue weighted by Crippen LogP contribution is 2.10. The zero-order chi connectivity index (χ0) is 9.84. The van der Waals surface area contributed by atoms with E-state index in [0.29, 0.717) is 0 Å². The number of carbonyl (C=O) groups excluding carboxylic acids is 1. The van der Waals surface area contributed by atoms with Crippen molar-refractivity contribution in [3.05, 3.63) is 24.3 Å². The minimum absolute atomic E-state index is 0.0947. The predicted molar refractivity (Wildman–Crippen MR) is 46.5 cm³/mol. The Bertz CT molecular complexity index is 314. The number of hydrogen-bond acceptors (Lipinski definition) is 3. The van der Waals surface area contributed by atoms with Crippen LogP contribution >= 0.6 is 0 Å². The quantitative estimate of drug-likeness (QED) is 0.701. The number of aromatic nitrogens is 1. The summed E-state index contributed by atoms with van der Waals surface area (Å²) in [6.07, 6.45) is 2.41. The number of nitrogens with zero attached hydrogens (tertiary/aromatic N) is 1. The van der Waals surface area contributed by atoms with Gasteiger partial charge in [-0.3, -0.25) is 9.78 Å². The molecule has 0 bridgehead atoms. The number of halogens is 1. The Kier molecular flexibility index (Phi) is 2.92. The van der Waals surface area contributed by atoms with Crippen LogP contribution in [-0.2, 0) is 4.79 Å². The zero-order valence-electron chi connectivity index (χ0n) is 7.12. The number of carbonyl (C=O) groups is 1. The maximum atomic E-state index is 12.9. The summed E-state index contributed by atoms with van der Waals surface area (Å²) < 4.78 is 12.9. The van der Waals surface area contributed by atoms with Gasteiger partial charge < -0.3 is 11.1 Å². The normalized spacial score (nSPS) is 12.2. The lowest BCUT2D eigenvalue weighted by atomic mass is 10.3. The summed E-state index contributed by atoms with van der Waals surface area (Å²) in [6.45, 7) is 1.52. The van der Waals surface area contributed by atoms with Crippen LogP contribution in [0, 0.1) is 5.82 Å². The van der Waals surface area contributed by atoms with Crippen LogP contribution in [0.15, 0.2) is 18.5 Å². The summed E-state index contributed by atoms with van der Waals surface area (Å²) in [7, 11) is 0. The lowest BCUT2D eigenvalue weighted by Crippen LogP contribution is -2.32. The van der Waals surface area contributed by atoms with Gasteiger partial charge in [0, 0.05) is 6.20 Å². The molecule has 3 N–H and O–H groups in total. The first kappa shape index (κ1) is 9.60. The molecule has 70 valence electrons. The third-order valence-electron chi connectivity index (χ3n) is 1.44. The number of nitrogens with two attached hydrogens (primary N) is 1. The van der Waals surface area contributed by atoms with Gasteiger partial charge in [-0.15, -0.1) is 0 Å². The number of anilines is 1. The van der Waals surface area contributed by atoms with Crippen molar-refractivity contribution in [2.24, 2.45) is 5.73 Å². The molecule has 0 fully saturated rings. The molecule has 0 radical (unpaired) electrons. The van der Waals surface area contributed by atoms with E-state index in [9.17, 15) is 9.18 Å². The van der Waals surface area contributed by atoms with E-state index in [1.54, 1.807) is 0 Å². The van der Waals surface area contributed by atoms with Gasteiger partial charge in [-0.25, -0.2) is 4.39 Å². The lowest BCUT2D eigenvalue weighted by molar-refractivity contribution is -0.117. The molecule has 13 heavy (non-hydrogen) atoms. The molecule has 0 unspecified atom stereocenters. The maximum absolute atomic E-state index is 12.9. The Morgan fingerprint density at radius 2 is 2.46 bits per heavy atom. The Morgan fingerprint density at radius 1 is 1.77 bits per heavy atom. The van der Waals surface area contributed by atoms with Crippen molar-refractivity contribution in [2.45, 2.75) is 13.0 Å². The molecule has 0 saturated heterocycles. The van der Waals surface area contributed by atoms with Crippen LogP contribution in [0.2, 0.25) is 0 Å². The van der Waals surface area contributed by atoms with E-state index in [1.165, 1.54) is 19.2 Å². The number of hydrogen-bond donors (Lipinski definition) is 2. The Hall–Kier alpha value is -1.49. The van der Waals surface area contributed by atoms with E-state index in [-0.39, 0.29) is 5.69 Å². The van der Waals surface area contributed by atoms with Crippen LogP contribution in [0.25, 0.3) is 0 Å². The van der Waals surface area contributed by atoms with E-state index in [1.807, 2.05) is 0 Å². The molecule has 0 aliphatic carbocycles. The molecule has 1 aromatic heterocycles. The second-order valence-corrected chi connectivity index (χ2v) is 2.63. The van der Waals surface area contributed by atoms with Crippen molar-refractivity contribution >= 4 is 11.6 Å². The minimum atomic E-state index is -0.660. The summed E-state index contributed by atoms with van der Waals surface area (Å²) in [5, 5.41) is 2.33. The second kappa shape index (κ2) is 3.95. The van der Waals surface area contributed by atoms with Crippen LogP contribution in [0.5, 0.6) is 0 Å². The summed E-state index contributed by atoms with van der Waals surface area (Å²) in [6, 6.07) is 0.711. The number of amides is 1. The standard InChI is InChI=1S/C8H10FN3O/c1-5(10)8(13)12-7-2-3-11-4-6(7)9/h2-5H,10H2,1H3,(H,11,12,13)/t5-/m1/s1. The number of nitrogens with one attached hydrogen (secondary N) is 1. The fourth-order valence-corrected chi connectivity index (χ4v) is 0.723. The molecule has 1 aromatic rings. The van der Waals surface area contributed by atoms with Crippen molar-refractivity contribution in [1.29, 1.82) is 0 Å². The molecule has 1 rings (SSSR count). The summed E-state index contributed by atoms with van der Waals surface area (Å²) in [5.74, 6) is -0.999. The first-order valence-corrected chi connectivity index (χ1v) is 3.77. The van der Waals surface area contributed by atoms with Crippen LogP contribution in [0.1, 0.15) is 6.92 Å². The maximum Gasteiger partial charge on any atom is 0.241 e. The van der Waals surface area contributed by atoms with E-state index < -0.39 is 17.8 Å². The van der Waals surface area contributed by atoms with Crippen molar-refractivity contribution in [3.8, 4) is 0 Å². The highest BCUT2D eigenvalue weighted by atomic mass is 19.1. The number of rotatable bonds is 2. The van der Waals surface area contributed by atoms with Crippen LogP contribution in [0.4, 0.5) is 10.1 Å². The molecule has 0 aromatic carbocycles. The van der Waals surface area contributed by atoms with Crippen LogP contribution in [0.3, 0.4) is 0 Å². The number of pyridine rings is 1. The fraction of sp³-hybridized carbons (Fsp3) is 0.250. The largest absolute Gasteiger partial charge is 0.322 e. The van der Waals surface area contributed by atoms with Gasteiger partial charge in [-0.05, 0) is 13.0 Å². The van der Waals surface area contributed by atoms with E-state index in [0.717, 1.165) is 6.20 Å². The molecular weight excluding hydrogens is 173 g/mol. The lowest BCUT2D eigenvalue weighted by Gasteiger charge is -2.07. The molecule has 5 heteroatoms. The third-order valence-corrected chi connectivity index (χ3v) is 1.44. The first-order valence-electron chi connectivity index (χ1n) is 3.77. The highest BCUT2D eigenvalue weighted by molar-refractivity contribution is 5.94. The first-order chi connectivity index (χ1) is 6.11. The van der Waals surface area contributed by atoms with Crippen LogP contribution < -0.4 is 11.1 Å². The van der Waals surface area contributed by atoms with Crippen molar-refractivity contribution in [3.63, 3.8) is 0 Å². The topological polar surface area (TPSA) is 68.0 Å². The zero-order valence-corrected chi connectivity index (χ0v) is 7.12. The average Bonchev–Trinajstić information content (AvgIpc) is 2.08.